The Morgan fingerprint density at radius 2 is 2.00 bits per heavy atom. The van der Waals surface area contributed by atoms with E-state index in [0.29, 0.717) is 18.4 Å². The molecule has 4 nitrogen and oxygen atoms in total. The highest BCUT2D eigenvalue weighted by atomic mass is 15.1. The summed E-state index contributed by atoms with van der Waals surface area (Å²) in [5, 5.41) is 3.12. The molecule has 0 fully saturated rings. The summed E-state index contributed by atoms with van der Waals surface area (Å²) in [5.41, 5.74) is 9.25. The molecule has 3 N–H and O–H groups in total. The molecule has 2 aromatic rings. The molecule has 2 rings (SSSR count). The zero-order valence-electron chi connectivity index (χ0n) is 13.3. The van der Waals surface area contributed by atoms with E-state index in [9.17, 15) is 0 Å². The quantitative estimate of drug-likeness (QED) is 0.633. The van der Waals surface area contributed by atoms with E-state index < -0.39 is 0 Å². The number of anilines is 1. The van der Waals surface area contributed by atoms with Gasteiger partial charge in [0, 0.05) is 30.5 Å². The smallest absolute Gasteiger partial charge is 0.193 e. The maximum absolute atomic E-state index is 5.91. The van der Waals surface area contributed by atoms with E-state index in [1.54, 1.807) is 6.20 Å². The largest absolute Gasteiger partial charge is 0.370 e. The van der Waals surface area contributed by atoms with Gasteiger partial charge in [-0.1, -0.05) is 32.0 Å². The summed E-state index contributed by atoms with van der Waals surface area (Å²) in [6.07, 6.45) is 3.72. The molecule has 1 atom stereocenters. The van der Waals surface area contributed by atoms with Gasteiger partial charge in [-0.05, 0) is 42.2 Å². The molecule has 116 valence electrons. The lowest BCUT2D eigenvalue weighted by molar-refractivity contribution is 0.734. The summed E-state index contributed by atoms with van der Waals surface area (Å²) in [4.78, 5) is 8.60. The normalized spacial score (nSPS) is 12.9. The van der Waals surface area contributed by atoms with Crippen molar-refractivity contribution < 1.29 is 0 Å². The first-order valence-corrected chi connectivity index (χ1v) is 7.76. The molecule has 0 aliphatic rings. The molecule has 0 saturated carbocycles. The number of benzene rings is 1. The van der Waals surface area contributed by atoms with Crippen LogP contribution in [0, 0.1) is 0 Å². The van der Waals surface area contributed by atoms with Gasteiger partial charge >= 0.3 is 0 Å². The highest BCUT2D eigenvalue weighted by molar-refractivity contribution is 5.92. The molecule has 0 aliphatic heterocycles. The summed E-state index contributed by atoms with van der Waals surface area (Å²) < 4.78 is 0. The molecular formula is C18H24N4. The van der Waals surface area contributed by atoms with Crippen molar-refractivity contribution in [2.75, 3.05) is 11.9 Å². The van der Waals surface area contributed by atoms with E-state index in [4.69, 9.17) is 5.73 Å². The van der Waals surface area contributed by atoms with Crippen molar-refractivity contribution in [2.45, 2.75) is 32.6 Å². The summed E-state index contributed by atoms with van der Waals surface area (Å²) in [6.45, 7) is 5.06. The molecule has 1 unspecified atom stereocenters. The van der Waals surface area contributed by atoms with Gasteiger partial charge in [0.15, 0.2) is 5.96 Å². The Kier molecular flexibility index (Phi) is 5.95. The predicted molar refractivity (Wildman–Crippen MR) is 93.2 cm³/mol. The Balaban J connectivity index is 1.85. The minimum Gasteiger partial charge on any atom is -0.370 e. The predicted octanol–water partition coefficient (Wildman–Crippen LogP) is 3.56. The van der Waals surface area contributed by atoms with Crippen molar-refractivity contribution in [3.63, 3.8) is 0 Å². The average molecular weight is 296 g/mol. The van der Waals surface area contributed by atoms with Crippen molar-refractivity contribution in [1.29, 1.82) is 0 Å². The van der Waals surface area contributed by atoms with Gasteiger partial charge in [-0.2, -0.15) is 0 Å². The third-order valence-electron chi connectivity index (χ3n) is 3.74. The van der Waals surface area contributed by atoms with Crippen LogP contribution in [0.15, 0.2) is 53.7 Å². The van der Waals surface area contributed by atoms with Crippen LogP contribution in [0.4, 0.5) is 5.69 Å². The number of hydrogen-bond acceptors (Lipinski definition) is 2. The number of aliphatic imine (C=N–C) groups is 1. The number of nitrogens with zero attached hydrogens (tertiary/aromatic N) is 2. The molecule has 4 heteroatoms. The fourth-order valence-electron chi connectivity index (χ4n) is 2.16. The number of nitrogens with one attached hydrogen (secondary N) is 1. The Bertz CT molecular complexity index is 590. The minimum atomic E-state index is 0.437. The van der Waals surface area contributed by atoms with E-state index >= 15 is 0 Å². The zero-order valence-corrected chi connectivity index (χ0v) is 13.3. The van der Waals surface area contributed by atoms with E-state index in [2.05, 4.69) is 41.3 Å². The van der Waals surface area contributed by atoms with Crippen LogP contribution in [-0.4, -0.2) is 17.5 Å². The molecule has 1 heterocycles. The van der Waals surface area contributed by atoms with Crippen LogP contribution in [0.5, 0.6) is 0 Å². The maximum Gasteiger partial charge on any atom is 0.193 e. The van der Waals surface area contributed by atoms with Crippen molar-refractivity contribution in [2.24, 2.45) is 10.7 Å². The van der Waals surface area contributed by atoms with Crippen LogP contribution >= 0.6 is 0 Å². The SMILES string of the molecule is CCC(C)c1ccc(NC(N)=NCCc2ccccn2)cc1. The number of guanidine groups is 1. The topological polar surface area (TPSA) is 63.3 Å². The Hall–Kier alpha value is -2.36. The average Bonchev–Trinajstić information content (AvgIpc) is 2.56. The van der Waals surface area contributed by atoms with Gasteiger partial charge in [-0.15, -0.1) is 0 Å². The van der Waals surface area contributed by atoms with Gasteiger partial charge in [0.05, 0.1) is 0 Å². The van der Waals surface area contributed by atoms with Crippen LogP contribution in [0.1, 0.15) is 37.4 Å². The first-order chi connectivity index (χ1) is 10.7. The standard InChI is InChI=1S/C18H24N4/c1-3-14(2)15-7-9-17(10-8-15)22-18(19)21-13-11-16-6-4-5-12-20-16/h4-10,12,14H,3,11,13H2,1-2H3,(H3,19,21,22). The van der Waals surface area contributed by atoms with Crippen molar-refractivity contribution >= 4 is 11.6 Å². The van der Waals surface area contributed by atoms with E-state index in [1.165, 1.54) is 5.56 Å². The summed E-state index contributed by atoms with van der Waals surface area (Å²) in [6, 6.07) is 14.2. The maximum atomic E-state index is 5.91. The molecule has 0 spiro atoms. The number of pyridine rings is 1. The third kappa shape index (κ3) is 4.88. The fraction of sp³-hybridized carbons (Fsp3) is 0.333. The van der Waals surface area contributed by atoms with Gasteiger partial charge in [0.25, 0.3) is 0 Å². The lowest BCUT2D eigenvalue weighted by Crippen LogP contribution is -2.23. The highest BCUT2D eigenvalue weighted by Crippen LogP contribution is 2.20. The lowest BCUT2D eigenvalue weighted by Gasteiger charge is -2.10. The van der Waals surface area contributed by atoms with Gasteiger partial charge in [0.2, 0.25) is 0 Å². The first-order valence-electron chi connectivity index (χ1n) is 7.76. The second-order valence-corrected chi connectivity index (χ2v) is 5.39. The number of aromatic nitrogens is 1. The third-order valence-corrected chi connectivity index (χ3v) is 3.74. The van der Waals surface area contributed by atoms with Gasteiger partial charge < -0.3 is 11.1 Å². The lowest BCUT2D eigenvalue weighted by atomic mass is 9.99. The summed E-state index contributed by atoms with van der Waals surface area (Å²) in [7, 11) is 0. The Morgan fingerprint density at radius 1 is 1.23 bits per heavy atom. The molecule has 0 aliphatic carbocycles. The second-order valence-electron chi connectivity index (χ2n) is 5.39. The molecule has 22 heavy (non-hydrogen) atoms. The number of nitrogens with two attached hydrogens (primary N) is 1. The molecule has 0 bridgehead atoms. The van der Waals surface area contributed by atoms with E-state index in [1.807, 2.05) is 30.3 Å². The number of hydrogen-bond donors (Lipinski definition) is 2. The summed E-state index contributed by atoms with van der Waals surface area (Å²) in [5.74, 6) is 1.02. The van der Waals surface area contributed by atoms with Crippen LogP contribution in [-0.2, 0) is 6.42 Å². The van der Waals surface area contributed by atoms with Crippen molar-refractivity contribution in [1.82, 2.24) is 4.98 Å². The van der Waals surface area contributed by atoms with Crippen LogP contribution < -0.4 is 11.1 Å². The van der Waals surface area contributed by atoms with Gasteiger partial charge in [-0.25, -0.2) is 0 Å². The van der Waals surface area contributed by atoms with Crippen LogP contribution in [0.3, 0.4) is 0 Å². The van der Waals surface area contributed by atoms with Crippen molar-refractivity contribution in [3.8, 4) is 0 Å². The molecule has 0 radical (unpaired) electrons. The van der Waals surface area contributed by atoms with Gasteiger partial charge in [-0.3, -0.25) is 9.98 Å². The monoisotopic (exact) mass is 296 g/mol. The van der Waals surface area contributed by atoms with Crippen LogP contribution in [0.2, 0.25) is 0 Å². The van der Waals surface area contributed by atoms with E-state index in [0.717, 1.165) is 24.2 Å². The molecule has 1 aromatic carbocycles. The zero-order chi connectivity index (χ0) is 15.8. The van der Waals surface area contributed by atoms with Crippen LogP contribution in [0.25, 0.3) is 0 Å². The fourth-order valence-corrected chi connectivity index (χ4v) is 2.16. The van der Waals surface area contributed by atoms with E-state index in [-0.39, 0.29) is 0 Å². The van der Waals surface area contributed by atoms with Crippen molar-refractivity contribution in [3.05, 3.63) is 59.9 Å². The first kappa shape index (κ1) is 16.0. The number of rotatable bonds is 6. The Labute approximate surface area is 132 Å². The second kappa shape index (κ2) is 8.17. The highest BCUT2D eigenvalue weighted by Gasteiger charge is 2.02. The Morgan fingerprint density at radius 3 is 2.64 bits per heavy atom. The molecule has 0 saturated heterocycles. The molecule has 1 aromatic heterocycles. The molecular weight excluding hydrogens is 272 g/mol. The minimum absolute atomic E-state index is 0.437. The molecule has 0 amide bonds. The van der Waals surface area contributed by atoms with Gasteiger partial charge in [0.1, 0.15) is 0 Å². The summed E-state index contributed by atoms with van der Waals surface area (Å²) >= 11 is 0.